The number of sulfonamides is 1. The highest BCUT2D eigenvalue weighted by Crippen LogP contribution is 2.31. The molecule has 30 heavy (non-hydrogen) atoms. The van der Waals surface area contributed by atoms with Crippen molar-refractivity contribution in [3.8, 4) is 0 Å². The average Bonchev–Trinajstić information content (AvgIpc) is 3.38. The van der Waals surface area contributed by atoms with Gasteiger partial charge in [0, 0.05) is 37.2 Å². The fourth-order valence-corrected chi connectivity index (χ4v) is 5.88. The molecule has 0 aromatic heterocycles. The van der Waals surface area contributed by atoms with Crippen LogP contribution in [0.2, 0.25) is 0 Å². The van der Waals surface area contributed by atoms with Gasteiger partial charge in [-0.1, -0.05) is 12.8 Å². The van der Waals surface area contributed by atoms with Crippen molar-refractivity contribution in [3.05, 3.63) is 29.3 Å². The summed E-state index contributed by atoms with van der Waals surface area (Å²) in [6.07, 6.45) is 7.94. The van der Waals surface area contributed by atoms with Crippen LogP contribution in [0.1, 0.15) is 54.4 Å². The second kappa shape index (κ2) is 8.67. The number of carbonyl (C=O) groups excluding carboxylic acids is 2. The first kappa shape index (κ1) is 21.3. The van der Waals surface area contributed by atoms with Crippen LogP contribution in [-0.2, 0) is 21.2 Å². The lowest BCUT2D eigenvalue weighted by molar-refractivity contribution is -0.125. The predicted molar refractivity (Wildman–Crippen MR) is 116 cm³/mol. The van der Waals surface area contributed by atoms with Gasteiger partial charge in [-0.25, -0.2) is 8.42 Å². The smallest absolute Gasteiger partial charge is 0.232 e. The first-order valence-electron chi connectivity index (χ1n) is 11.0. The van der Waals surface area contributed by atoms with E-state index in [1.54, 1.807) is 12.1 Å². The van der Waals surface area contributed by atoms with Crippen LogP contribution in [-0.4, -0.2) is 63.5 Å². The molecule has 0 bridgehead atoms. The zero-order valence-corrected chi connectivity index (χ0v) is 18.4. The fourth-order valence-electron chi connectivity index (χ4n) is 4.93. The van der Waals surface area contributed by atoms with E-state index in [2.05, 4.69) is 10.2 Å². The SMILES string of the molecule is CS(=O)(=O)N1CCc2cc(C(=O)CN3CCC(NC(=O)C4CCCC4)CC3)ccc21. The van der Waals surface area contributed by atoms with E-state index in [0.717, 1.165) is 57.2 Å². The number of rotatable bonds is 6. The molecule has 0 radical (unpaired) electrons. The van der Waals surface area contributed by atoms with Gasteiger partial charge in [-0.3, -0.25) is 18.8 Å². The van der Waals surface area contributed by atoms with E-state index in [9.17, 15) is 18.0 Å². The molecule has 4 rings (SSSR count). The van der Waals surface area contributed by atoms with Gasteiger partial charge in [0.05, 0.1) is 18.5 Å². The average molecular weight is 434 g/mol. The molecule has 2 fully saturated rings. The van der Waals surface area contributed by atoms with E-state index in [-0.39, 0.29) is 23.7 Å². The topological polar surface area (TPSA) is 86.8 Å². The van der Waals surface area contributed by atoms with Crippen molar-refractivity contribution in [2.24, 2.45) is 5.92 Å². The van der Waals surface area contributed by atoms with Crippen LogP contribution in [0.25, 0.3) is 0 Å². The van der Waals surface area contributed by atoms with Crippen molar-refractivity contribution >= 4 is 27.4 Å². The molecule has 1 aliphatic carbocycles. The largest absolute Gasteiger partial charge is 0.353 e. The van der Waals surface area contributed by atoms with Crippen molar-refractivity contribution in [3.63, 3.8) is 0 Å². The summed E-state index contributed by atoms with van der Waals surface area (Å²) in [4.78, 5) is 27.2. The molecular weight excluding hydrogens is 402 g/mol. The molecule has 1 aromatic carbocycles. The summed E-state index contributed by atoms with van der Waals surface area (Å²) in [5.74, 6) is 0.468. The fraction of sp³-hybridized carbons (Fsp3) is 0.636. The maximum absolute atomic E-state index is 12.8. The number of nitrogens with one attached hydrogen (secondary N) is 1. The number of Topliss-reactive ketones (excluding diaryl/α,β-unsaturated/α-hetero) is 1. The van der Waals surface area contributed by atoms with E-state index in [0.29, 0.717) is 30.8 Å². The van der Waals surface area contributed by atoms with Gasteiger partial charge in [-0.2, -0.15) is 0 Å². The first-order chi connectivity index (χ1) is 14.3. The number of likely N-dealkylation sites (tertiary alicyclic amines) is 1. The second-order valence-electron chi connectivity index (χ2n) is 8.89. The minimum absolute atomic E-state index is 0.0593. The Kier molecular flexibility index (Phi) is 6.16. The molecule has 0 unspecified atom stereocenters. The van der Waals surface area contributed by atoms with Crippen molar-refractivity contribution in [2.75, 3.05) is 36.7 Å². The third kappa shape index (κ3) is 4.70. The van der Waals surface area contributed by atoms with Gasteiger partial charge in [0.2, 0.25) is 15.9 Å². The molecule has 1 N–H and O–H groups in total. The van der Waals surface area contributed by atoms with Gasteiger partial charge in [-0.15, -0.1) is 0 Å². The van der Waals surface area contributed by atoms with Gasteiger partial charge in [-0.05, 0) is 55.9 Å². The Morgan fingerprint density at radius 3 is 2.43 bits per heavy atom. The Hall–Kier alpha value is -1.93. The van der Waals surface area contributed by atoms with Crippen LogP contribution >= 0.6 is 0 Å². The predicted octanol–water partition coefficient (Wildman–Crippen LogP) is 1.96. The van der Waals surface area contributed by atoms with Crippen LogP contribution in [0.5, 0.6) is 0 Å². The molecule has 1 amide bonds. The number of benzene rings is 1. The molecule has 2 heterocycles. The molecule has 2 aliphatic heterocycles. The summed E-state index contributed by atoms with van der Waals surface area (Å²) in [6.45, 7) is 2.39. The number of anilines is 1. The Morgan fingerprint density at radius 1 is 1.07 bits per heavy atom. The lowest BCUT2D eigenvalue weighted by Gasteiger charge is -2.32. The van der Waals surface area contributed by atoms with Crippen LogP contribution in [0.15, 0.2) is 18.2 Å². The highest BCUT2D eigenvalue weighted by Gasteiger charge is 2.29. The maximum Gasteiger partial charge on any atom is 0.232 e. The van der Waals surface area contributed by atoms with Gasteiger partial charge >= 0.3 is 0 Å². The quantitative estimate of drug-likeness (QED) is 0.693. The molecule has 7 nitrogen and oxygen atoms in total. The standard InChI is InChI=1S/C22H31N3O4S/c1-30(28,29)25-13-8-17-14-18(6-7-20(17)25)21(26)15-24-11-9-19(10-12-24)23-22(27)16-4-2-3-5-16/h6-7,14,16,19H,2-5,8-13,15H2,1H3,(H,23,27). The van der Waals surface area contributed by atoms with E-state index >= 15 is 0 Å². The molecule has 1 saturated carbocycles. The molecule has 1 saturated heterocycles. The van der Waals surface area contributed by atoms with Crippen molar-refractivity contribution in [2.45, 2.75) is 51.0 Å². The monoisotopic (exact) mass is 433 g/mol. The van der Waals surface area contributed by atoms with Crippen molar-refractivity contribution in [1.29, 1.82) is 0 Å². The number of fused-ring (bicyclic) bond motifs is 1. The molecule has 1 aromatic rings. The minimum atomic E-state index is -3.28. The second-order valence-corrected chi connectivity index (χ2v) is 10.8. The Bertz CT molecular complexity index is 916. The lowest BCUT2D eigenvalue weighted by atomic mass is 10.0. The van der Waals surface area contributed by atoms with E-state index in [4.69, 9.17) is 0 Å². The summed E-state index contributed by atoms with van der Waals surface area (Å²) in [5.41, 5.74) is 2.24. The molecule has 164 valence electrons. The molecule has 8 heteroatoms. The number of amides is 1. The van der Waals surface area contributed by atoms with Gasteiger partial charge in [0.15, 0.2) is 5.78 Å². The van der Waals surface area contributed by atoms with Crippen LogP contribution in [0.3, 0.4) is 0 Å². The third-order valence-electron chi connectivity index (χ3n) is 6.68. The van der Waals surface area contributed by atoms with Gasteiger partial charge < -0.3 is 5.32 Å². The van der Waals surface area contributed by atoms with Crippen molar-refractivity contribution < 1.29 is 18.0 Å². The zero-order valence-electron chi connectivity index (χ0n) is 17.6. The molecule has 0 spiro atoms. The number of hydrogen-bond acceptors (Lipinski definition) is 5. The van der Waals surface area contributed by atoms with Crippen LogP contribution < -0.4 is 9.62 Å². The normalized spacial score (nSPS) is 21.0. The van der Waals surface area contributed by atoms with Crippen LogP contribution in [0.4, 0.5) is 5.69 Å². The third-order valence-corrected chi connectivity index (χ3v) is 7.86. The summed E-state index contributed by atoms with van der Waals surface area (Å²) >= 11 is 0. The number of piperidine rings is 1. The maximum atomic E-state index is 12.8. The lowest BCUT2D eigenvalue weighted by Crippen LogP contribution is -2.47. The summed E-state index contributed by atoms with van der Waals surface area (Å²) < 4.78 is 25.1. The van der Waals surface area contributed by atoms with E-state index < -0.39 is 10.0 Å². The highest BCUT2D eigenvalue weighted by molar-refractivity contribution is 7.92. The molecular formula is C22H31N3O4S. The van der Waals surface area contributed by atoms with Crippen molar-refractivity contribution in [1.82, 2.24) is 10.2 Å². The van der Waals surface area contributed by atoms with Gasteiger partial charge in [0.25, 0.3) is 0 Å². The Labute approximate surface area is 178 Å². The first-order valence-corrected chi connectivity index (χ1v) is 12.8. The highest BCUT2D eigenvalue weighted by atomic mass is 32.2. The van der Waals surface area contributed by atoms with E-state index in [1.165, 1.54) is 10.6 Å². The molecule has 0 atom stereocenters. The summed E-state index contributed by atoms with van der Waals surface area (Å²) in [7, 11) is -3.28. The summed E-state index contributed by atoms with van der Waals surface area (Å²) in [6, 6.07) is 5.55. The zero-order chi connectivity index (χ0) is 21.3. The number of carbonyl (C=O) groups is 2. The van der Waals surface area contributed by atoms with E-state index in [1.807, 2.05) is 6.07 Å². The summed E-state index contributed by atoms with van der Waals surface area (Å²) in [5, 5.41) is 3.21. The number of nitrogens with zero attached hydrogens (tertiary/aromatic N) is 2. The minimum Gasteiger partial charge on any atom is -0.353 e. The van der Waals surface area contributed by atoms with Gasteiger partial charge in [0.1, 0.15) is 0 Å². The Balaban J connectivity index is 1.29. The Morgan fingerprint density at radius 2 is 1.77 bits per heavy atom. The molecule has 3 aliphatic rings. The number of ketones is 1. The number of hydrogen-bond donors (Lipinski definition) is 1. The van der Waals surface area contributed by atoms with Crippen LogP contribution in [0, 0.1) is 5.92 Å².